The second kappa shape index (κ2) is 6.32. The Morgan fingerprint density at radius 3 is 2.71 bits per heavy atom. The van der Waals surface area contributed by atoms with E-state index in [1.807, 2.05) is 4.90 Å². The Morgan fingerprint density at radius 1 is 1.19 bits per heavy atom. The van der Waals surface area contributed by atoms with Crippen molar-refractivity contribution in [3.8, 4) is 0 Å². The minimum Gasteiger partial charge on any atom is -0.353 e. The molecule has 3 heterocycles. The SMILES string of the molecule is NC1CCN(CC(=O)N2CCC3NC(=O)CCC3C2)CC1. The van der Waals surface area contributed by atoms with Crippen molar-refractivity contribution in [1.82, 2.24) is 15.1 Å². The average Bonchev–Trinajstić information content (AvgIpc) is 2.49. The minimum absolute atomic E-state index is 0.167. The molecule has 0 bridgehead atoms. The molecular weight excluding hydrogens is 268 g/mol. The second-order valence-electron chi connectivity index (χ2n) is 6.71. The van der Waals surface area contributed by atoms with E-state index < -0.39 is 0 Å². The van der Waals surface area contributed by atoms with Gasteiger partial charge in [-0.25, -0.2) is 0 Å². The first kappa shape index (κ1) is 14.8. The zero-order chi connectivity index (χ0) is 14.8. The molecule has 6 nitrogen and oxygen atoms in total. The summed E-state index contributed by atoms with van der Waals surface area (Å²) in [5, 5.41) is 3.06. The molecule has 3 aliphatic rings. The summed E-state index contributed by atoms with van der Waals surface area (Å²) in [6, 6.07) is 0.584. The topological polar surface area (TPSA) is 78.7 Å². The molecule has 2 atom stereocenters. The third kappa shape index (κ3) is 3.55. The number of amides is 2. The molecule has 0 spiro atoms. The van der Waals surface area contributed by atoms with Crippen LogP contribution in [-0.4, -0.2) is 66.4 Å². The van der Waals surface area contributed by atoms with Gasteiger partial charge >= 0.3 is 0 Å². The van der Waals surface area contributed by atoms with Crippen LogP contribution in [0.4, 0.5) is 0 Å². The number of fused-ring (bicyclic) bond motifs is 1. The van der Waals surface area contributed by atoms with Crippen LogP contribution in [0, 0.1) is 5.92 Å². The summed E-state index contributed by atoms with van der Waals surface area (Å²) in [7, 11) is 0. The van der Waals surface area contributed by atoms with E-state index in [0.717, 1.165) is 51.9 Å². The van der Waals surface area contributed by atoms with Gasteiger partial charge in [-0.05, 0) is 31.6 Å². The zero-order valence-electron chi connectivity index (χ0n) is 12.6. The Labute approximate surface area is 126 Å². The number of nitrogens with two attached hydrogens (primary N) is 1. The largest absolute Gasteiger partial charge is 0.353 e. The van der Waals surface area contributed by atoms with Gasteiger partial charge in [-0.1, -0.05) is 0 Å². The lowest BCUT2D eigenvalue weighted by Crippen LogP contribution is -2.56. The highest BCUT2D eigenvalue weighted by molar-refractivity contribution is 5.79. The zero-order valence-corrected chi connectivity index (χ0v) is 12.6. The Bertz CT molecular complexity index is 406. The summed E-state index contributed by atoms with van der Waals surface area (Å²) in [6.07, 6.45) is 4.40. The molecule has 21 heavy (non-hydrogen) atoms. The minimum atomic E-state index is 0.167. The van der Waals surface area contributed by atoms with Crippen LogP contribution >= 0.6 is 0 Å². The van der Waals surface area contributed by atoms with E-state index in [1.165, 1.54) is 0 Å². The predicted molar refractivity (Wildman–Crippen MR) is 79.5 cm³/mol. The molecule has 0 radical (unpaired) electrons. The average molecular weight is 294 g/mol. The summed E-state index contributed by atoms with van der Waals surface area (Å²) in [5.74, 6) is 0.844. The molecule has 0 aromatic rings. The van der Waals surface area contributed by atoms with Crippen molar-refractivity contribution in [2.75, 3.05) is 32.7 Å². The van der Waals surface area contributed by atoms with Crippen molar-refractivity contribution < 1.29 is 9.59 Å². The number of nitrogens with zero attached hydrogens (tertiary/aromatic N) is 2. The van der Waals surface area contributed by atoms with E-state index in [0.29, 0.717) is 24.9 Å². The number of piperidine rings is 3. The molecule has 3 rings (SSSR count). The fourth-order valence-corrected chi connectivity index (χ4v) is 3.74. The van der Waals surface area contributed by atoms with Crippen LogP contribution in [0.2, 0.25) is 0 Å². The smallest absolute Gasteiger partial charge is 0.236 e. The van der Waals surface area contributed by atoms with Crippen LogP contribution in [0.3, 0.4) is 0 Å². The lowest BCUT2D eigenvalue weighted by molar-refractivity contribution is -0.136. The highest BCUT2D eigenvalue weighted by Crippen LogP contribution is 2.25. The van der Waals surface area contributed by atoms with Crippen LogP contribution in [0.15, 0.2) is 0 Å². The molecule has 118 valence electrons. The Hall–Kier alpha value is -1.14. The van der Waals surface area contributed by atoms with Gasteiger partial charge in [-0.3, -0.25) is 14.5 Å². The molecule has 0 aromatic carbocycles. The first-order valence-electron chi connectivity index (χ1n) is 8.17. The van der Waals surface area contributed by atoms with Crippen LogP contribution < -0.4 is 11.1 Å². The van der Waals surface area contributed by atoms with Crippen molar-refractivity contribution in [1.29, 1.82) is 0 Å². The van der Waals surface area contributed by atoms with Crippen LogP contribution in [0.25, 0.3) is 0 Å². The van der Waals surface area contributed by atoms with E-state index >= 15 is 0 Å². The maximum Gasteiger partial charge on any atom is 0.236 e. The first-order valence-corrected chi connectivity index (χ1v) is 8.17. The number of nitrogens with one attached hydrogen (secondary N) is 1. The molecule has 2 amide bonds. The van der Waals surface area contributed by atoms with Gasteiger partial charge in [0.25, 0.3) is 0 Å². The molecular formula is C15H26N4O2. The van der Waals surface area contributed by atoms with E-state index in [2.05, 4.69) is 10.2 Å². The lowest BCUT2D eigenvalue weighted by Gasteiger charge is -2.42. The van der Waals surface area contributed by atoms with Crippen molar-refractivity contribution in [2.45, 2.75) is 44.2 Å². The van der Waals surface area contributed by atoms with E-state index in [9.17, 15) is 9.59 Å². The number of carbonyl (C=O) groups is 2. The summed E-state index contributed by atoms with van der Waals surface area (Å²) in [6.45, 7) is 3.97. The van der Waals surface area contributed by atoms with Crippen LogP contribution in [0.1, 0.15) is 32.1 Å². The van der Waals surface area contributed by atoms with Gasteiger partial charge in [0.15, 0.2) is 0 Å². The number of carbonyl (C=O) groups excluding carboxylic acids is 2. The van der Waals surface area contributed by atoms with Crippen molar-refractivity contribution in [3.63, 3.8) is 0 Å². The standard InChI is InChI=1S/C15H26N4O2/c16-12-3-6-18(7-4-12)10-15(21)19-8-5-13-11(9-19)1-2-14(20)17-13/h11-13H,1-10,16H2,(H,17,20). The number of hydrogen-bond donors (Lipinski definition) is 2. The third-order valence-corrected chi connectivity index (χ3v) is 5.17. The Balaban J connectivity index is 1.48. The van der Waals surface area contributed by atoms with Gasteiger partial charge in [0, 0.05) is 44.7 Å². The monoisotopic (exact) mass is 294 g/mol. The number of rotatable bonds is 2. The molecule has 2 unspecified atom stereocenters. The third-order valence-electron chi connectivity index (χ3n) is 5.17. The van der Waals surface area contributed by atoms with E-state index in [4.69, 9.17) is 5.73 Å². The maximum atomic E-state index is 12.5. The highest BCUT2D eigenvalue weighted by Gasteiger charge is 2.35. The maximum absolute atomic E-state index is 12.5. The molecule has 0 saturated carbocycles. The van der Waals surface area contributed by atoms with Crippen molar-refractivity contribution >= 4 is 11.8 Å². The molecule has 3 N–H and O–H groups in total. The quantitative estimate of drug-likeness (QED) is 0.722. The van der Waals surface area contributed by atoms with Crippen LogP contribution in [0.5, 0.6) is 0 Å². The first-order chi connectivity index (χ1) is 10.1. The Morgan fingerprint density at radius 2 is 1.95 bits per heavy atom. The number of likely N-dealkylation sites (tertiary alicyclic amines) is 2. The van der Waals surface area contributed by atoms with Gasteiger partial charge in [0.2, 0.25) is 11.8 Å². The lowest BCUT2D eigenvalue weighted by atomic mass is 9.85. The fraction of sp³-hybridized carbons (Fsp3) is 0.867. The van der Waals surface area contributed by atoms with Crippen LogP contribution in [-0.2, 0) is 9.59 Å². The van der Waals surface area contributed by atoms with E-state index in [1.54, 1.807) is 0 Å². The van der Waals surface area contributed by atoms with Gasteiger partial charge in [-0.2, -0.15) is 0 Å². The molecule has 3 fully saturated rings. The van der Waals surface area contributed by atoms with Gasteiger partial charge in [-0.15, -0.1) is 0 Å². The summed E-state index contributed by atoms with van der Waals surface area (Å²) < 4.78 is 0. The highest BCUT2D eigenvalue weighted by atomic mass is 16.2. The normalized spacial score (nSPS) is 31.7. The summed E-state index contributed by atoms with van der Waals surface area (Å²) in [4.78, 5) is 28.1. The molecule has 6 heteroatoms. The van der Waals surface area contributed by atoms with Crippen molar-refractivity contribution in [3.05, 3.63) is 0 Å². The summed E-state index contributed by atoms with van der Waals surface area (Å²) >= 11 is 0. The van der Waals surface area contributed by atoms with Gasteiger partial charge < -0.3 is 16.0 Å². The van der Waals surface area contributed by atoms with Gasteiger partial charge in [0.1, 0.15) is 0 Å². The molecule has 0 aliphatic carbocycles. The Kier molecular flexibility index (Phi) is 4.45. The van der Waals surface area contributed by atoms with Crippen molar-refractivity contribution in [2.24, 2.45) is 11.7 Å². The molecule has 3 aliphatic heterocycles. The van der Waals surface area contributed by atoms with E-state index in [-0.39, 0.29) is 17.9 Å². The predicted octanol–water partition coefficient (Wildman–Crippen LogP) is -0.463. The number of hydrogen-bond acceptors (Lipinski definition) is 4. The second-order valence-corrected chi connectivity index (χ2v) is 6.71. The van der Waals surface area contributed by atoms with Gasteiger partial charge in [0.05, 0.1) is 6.54 Å². The summed E-state index contributed by atoms with van der Waals surface area (Å²) in [5.41, 5.74) is 5.90. The molecule has 3 saturated heterocycles. The fourth-order valence-electron chi connectivity index (χ4n) is 3.74. The molecule has 0 aromatic heterocycles.